The molecule has 1 aromatic carbocycles. The smallest absolute Gasteiger partial charge is 0.358 e. The number of thiophene rings is 1. The quantitative estimate of drug-likeness (QED) is 0.381. The van der Waals surface area contributed by atoms with Crippen LogP contribution < -0.4 is 5.56 Å². The maximum Gasteiger partial charge on any atom is 0.358 e. The van der Waals surface area contributed by atoms with E-state index < -0.39 is 5.97 Å². The summed E-state index contributed by atoms with van der Waals surface area (Å²) >= 11 is 8.70. The van der Waals surface area contributed by atoms with Gasteiger partial charge >= 0.3 is 5.97 Å². The molecule has 0 N–H and O–H groups in total. The van der Waals surface area contributed by atoms with Crippen molar-refractivity contribution in [1.29, 1.82) is 0 Å². The predicted octanol–water partition coefficient (Wildman–Crippen LogP) is 3.78. The van der Waals surface area contributed by atoms with Crippen LogP contribution in [0.5, 0.6) is 0 Å². The van der Waals surface area contributed by atoms with Crippen molar-refractivity contribution in [3.8, 4) is 10.6 Å². The summed E-state index contributed by atoms with van der Waals surface area (Å²) in [4.78, 5) is 29.3. The number of benzene rings is 1. The molecule has 0 saturated heterocycles. The van der Waals surface area contributed by atoms with Gasteiger partial charge in [0.05, 0.1) is 5.52 Å². The van der Waals surface area contributed by atoms with E-state index in [4.69, 9.17) is 16.3 Å². The number of thiazole rings is 1. The predicted molar refractivity (Wildman–Crippen MR) is 115 cm³/mol. The molecular formula is C19H12ClN5O3S2. The largest absolute Gasteiger partial charge is 0.453 e. The van der Waals surface area contributed by atoms with Gasteiger partial charge in [-0.2, -0.15) is 0 Å². The summed E-state index contributed by atoms with van der Waals surface area (Å²) in [5, 5.41) is 12.9. The number of halogens is 1. The normalized spacial score (nSPS) is 11.4. The number of fused-ring (bicyclic) bond motifs is 3. The van der Waals surface area contributed by atoms with Gasteiger partial charge in [-0.15, -0.1) is 32.9 Å². The Morgan fingerprint density at radius 1 is 1.23 bits per heavy atom. The van der Waals surface area contributed by atoms with Crippen molar-refractivity contribution in [2.45, 2.75) is 6.61 Å². The summed E-state index contributed by atoms with van der Waals surface area (Å²) in [6.07, 6.45) is 0. The molecule has 0 unspecified atom stereocenters. The van der Waals surface area contributed by atoms with Gasteiger partial charge in [-0.1, -0.05) is 23.7 Å². The van der Waals surface area contributed by atoms with E-state index in [0.717, 1.165) is 5.56 Å². The average Bonchev–Trinajstić information content (AvgIpc) is 3.49. The number of hydrogen-bond donors (Lipinski definition) is 0. The summed E-state index contributed by atoms with van der Waals surface area (Å²) in [5.41, 5.74) is 1.58. The second-order valence-electron chi connectivity index (χ2n) is 6.38. The highest BCUT2D eigenvalue weighted by molar-refractivity contribution is 7.17. The zero-order valence-electron chi connectivity index (χ0n) is 15.4. The van der Waals surface area contributed by atoms with Crippen LogP contribution in [0.15, 0.2) is 45.9 Å². The minimum atomic E-state index is -0.567. The maximum atomic E-state index is 12.5. The van der Waals surface area contributed by atoms with Gasteiger partial charge in [-0.05, 0) is 23.6 Å². The Labute approximate surface area is 182 Å². The van der Waals surface area contributed by atoms with Gasteiger partial charge in [0.1, 0.15) is 9.71 Å². The standard InChI is InChI=1S/C19H12ClN5O3S2/c1-24-17(26)15-13(5-6-29-15)25-14(22-23-19(24)25)8-28-18(27)12-9-30-16(21-12)10-3-2-4-11(20)7-10/h2-7,9H,8H2,1H3. The van der Waals surface area contributed by atoms with Crippen molar-refractivity contribution >= 4 is 56.2 Å². The fraction of sp³-hybridized carbons (Fsp3) is 0.105. The minimum Gasteiger partial charge on any atom is -0.453 e. The lowest BCUT2D eigenvalue weighted by Gasteiger charge is -2.05. The Bertz CT molecular complexity index is 1480. The van der Waals surface area contributed by atoms with E-state index >= 15 is 0 Å². The molecule has 150 valence electrons. The zero-order chi connectivity index (χ0) is 20.8. The molecule has 0 bridgehead atoms. The Kier molecular flexibility index (Phi) is 4.61. The zero-order valence-corrected chi connectivity index (χ0v) is 17.8. The third-order valence-electron chi connectivity index (χ3n) is 4.51. The van der Waals surface area contributed by atoms with Gasteiger partial charge in [-0.3, -0.25) is 13.8 Å². The number of aryl methyl sites for hydroxylation is 1. The highest BCUT2D eigenvalue weighted by Crippen LogP contribution is 2.26. The molecule has 0 amide bonds. The molecule has 8 nitrogen and oxygen atoms in total. The van der Waals surface area contributed by atoms with Gasteiger partial charge in [0.25, 0.3) is 5.56 Å². The molecule has 4 aromatic heterocycles. The van der Waals surface area contributed by atoms with Gasteiger partial charge < -0.3 is 4.74 Å². The first kappa shape index (κ1) is 18.9. The minimum absolute atomic E-state index is 0.104. The molecule has 0 saturated carbocycles. The van der Waals surface area contributed by atoms with Crippen molar-refractivity contribution in [2.75, 3.05) is 0 Å². The van der Waals surface area contributed by atoms with Crippen LogP contribution in [0, 0.1) is 0 Å². The molecule has 0 fully saturated rings. The van der Waals surface area contributed by atoms with E-state index in [1.807, 2.05) is 23.6 Å². The molecule has 0 radical (unpaired) electrons. The van der Waals surface area contributed by atoms with E-state index in [-0.39, 0.29) is 17.9 Å². The molecule has 0 aliphatic carbocycles. The van der Waals surface area contributed by atoms with E-state index in [1.54, 1.807) is 29.0 Å². The molecule has 0 atom stereocenters. The molecule has 0 aliphatic rings. The van der Waals surface area contributed by atoms with Gasteiger partial charge in [0.15, 0.2) is 18.1 Å². The highest BCUT2D eigenvalue weighted by Gasteiger charge is 2.18. The van der Waals surface area contributed by atoms with Crippen molar-refractivity contribution in [3.63, 3.8) is 0 Å². The third-order valence-corrected chi connectivity index (χ3v) is 6.53. The molecule has 5 rings (SSSR count). The van der Waals surface area contributed by atoms with Crippen molar-refractivity contribution < 1.29 is 9.53 Å². The molecule has 0 aliphatic heterocycles. The number of aromatic nitrogens is 5. The Hall–Kier alpha value is -3.08. The monoisotopic (exact) mass is 457 g/mol. The van der Waals surface area contributed by atoms with Crippen LogP contribution in [0.1, 0.15) is 16.3 Å². The number of nitrogens with zero attached hydrogens (tertiary/aromatic N) is 5. The van der Waals surface area contributed by atoms with Crippen LogP contribution in [0.4, 0.5) is 0 Å². The number of carbonyl (C=O) groups is 1. The van der Waals surface area contributed by atoms with E-state index in [2.05, 4.69) is 15.2 Å². The van der Waals surface area contributed by atoms with E-state index in [1.165, 1.54) is 27.2 Å². The second-order valence-corrected chi connectivity index (χ2v) is 8.59. The molecule has 0 spiro atoms. The van der Waals surface area contributed by atoms with Crippen LogP contribution in [0.2, 0.25) is 5.02 Å². The first-order chi connectivity index (χ1) is 14.5. The molecular weight excluding hydrogens is 446 g/mol. The Morgan fingerprint density at radius 2 is 2.10 bits per heavy atom. The van der Waals surface area contributed by atoms with Crippen LogP contribution >= 0.6 is 34.3 Å². The number of hydrogen-bond acceptors (Lipinski definition) is 8. The summed E-state index contributed by atoms with van der Waals surface area (Å²) in [7, 11) is 1.63. The van der Waals surface area contributed by atoms with Gasteiger partial charge in [0.2, 0.25) is 5.78 Å². The summed E-state index contributed by atoms with van der Waals surface area (Å²) in [6, 6.07) is 9.08. The third kappa shape index (κ3) is 3.09. The average molecular weight is 458 g/mol. The SMILES string of the molecule is Cn1c(=O)c2sccc2n2c(COC(=O)c3csc(-c4cccc(Cl)c4)n3)nnc12. The number of ether oxygens (including phenoxy) is 1. The molecule has 4 heterocycles. The fourth-order valence-electron chi connectivity index (χ4n) is 3.07. The second kappa shape index (κ2) is 7.31. The first-order valence-electron chi connectivity index (χ1n) is 8.71. The topological polar surface area (TPSA) is 91.4 Å². The van der Waals surface area contributed by atoms with E-state index in [9.17, 15) is 9.59 Å². The van der Waals surface area contributed by atoms with Gasteiger partial charge in [-0.25, -0.2) is 9.78 Å². The first-order valence-corrected chi connectivity index (χ1v) is 10.9. The summed E-state index contributed by atoms with van der Waals surface area (Å²) < 4.78 is 9.15. The number of rotatable bonds is 4. The molecule has 30 heavy (non-hydrogen) atoms. The lowest BCUT2D eigenvalue weighted by Crippen LogP contribution is -2.19. The van der Waals surface area contributed by atoms with Crippen LogP contribution in [-0.4, -0.2) is 30.1 Å². The lowest BCUT2D eigenvalue weighted by molar-refractivity contribution is 0.0455. The van der Waals surface area contributed by atoms with Crippen LogP contribution in [0.25, 0.3) is 26.6 Å². The van der Waals surface area contributed by atoms with Gasteiger partial charge in [0, 0.05) is 23.0 Å². The number of esters is 1. The maximum absolute atomic E-state index is 12.5. The molecule has 5 aromatic rings. The van der Waals surface area contributed by atoms with Crippen molar-refractivity contribution in [3.05, 3.63) is 68.0 Å². The van der Waals surface area contributed by atoms with E-state index in [0.29, 0.717) is 31.8 Å². The summed E-state index contributed by atoms with van der Waals surface area (Å²) in [5.74, 6) is 0.235. The molecule has 11 heteroatoms. The number of carbonyl (C=O) groups excluding carboxylic acids is 1. The van der Waals surface area contributed by atoms with Crippen molar-refractivity contribution in [1.82, 2.24) is 24.1 Å². The van der Waals surface area contributed by atoms with Crippen LogP contribution in [-0.2, 0) is 18.4 Å². The Morgan fingerprint density at radius 3 is 2.93 bits per heavy atom. The van der Waals surface area contributed by atoms with Crippen molar-refractivity contribution in [2.24, 2.45) is 7.05 Å². The van der Waals surface area contributed by atoms with Crippen LogP contribution in [0.3, 0.4) is 0 Å². The Balaban J connectivity index is 1.41. The summed E-state index contributed by atoms with van der Waals surface area (Å²) in [6.45, 7) is -0.104. The lowest BCUT2D eigenvalue weighted by atomic mass is 10.2. The fourth-order valence-corrected chi connectivity index (χ4v) is 4.90. The highest BCUT2D eigenvalue weighted by atomic mass is 35.5.